The smallest absolute Gasteiger partial charge is 0.328 e. The number of rotatable bonds is 6. The van der Waals surface area contributed by atoms with Crippen LogP contribution in [-0.2, 0) is 9.63 Å². The van der Waals surface area contributed by atoms with Crippen LogP contribution in [0.2, 0.25) is 0 Å². The Morgan fingerprint density at radius 2 is 1.95 bits per heavy atom. The Kier molecular flexibility index (Phi) is 5.11. The van der Waals surface area contributed by atoms with Crippen LogP contribution in [-0.4, -0.2) is 41.6 Å². The first-order valence-corrected chi connectivity index (χ1v) is 7.43. The highest BCUT2D eigenvalue weighted by molar-refractivity contribution is 6.01. The van der Waals surface area contributed by atoms with Crippen molar-refractivity contribution in [3.05, 3.63) is 35.9 Å². The van der Waals surface area contributed by atoms with E-state index in [-0.39, 0.29) is 19.5 Å². The number of amides is 1. The van der Waals surface area contributed by atoms with Crippen molar-refractivity contribution < 1.29 is 18.4 Å². The van der Waals surface area contributed by atoms with Gasteiger partial charge in [0, 0.05) is 19.5 Å². The number of oxime groups is 1. The minimum absolute atomic E-state index is 0.266. The Morgan fingerprint density at radius 3 is 2.55 bits per heavy atom. The van der Waals surface area contributed by atoms with Gasteiger partial charge in [-0.25, -0.2) is 0 Å². The molecule has 120 valence electrons. The fraction of sp³-hybridized carbons (Fsp3) is 0.500. The molecule has 1 amide bonds. The summed E-state index contributed by atoms with van der Waals surface area (Å²) in [5, 5.41) is 3.87. The first kappa shape index (κ1) is 16.4. The van der Waals surface area contributed by atoms with Gasteiger partial charge < -0.3 is 9.74 Å². The fourth-order valence-corrected chi connectivity index (χ4v) is 2.45. The van der Waals surface area contributed by atoms with Crippen molar-refractivity contribution in [2.45, 2.75) is 38.7 Å². The van der Waals surface area contributed by atoms with Gasteiger partial charge in [-0.3, -0.25) is 4.79 Å². The number of alkyl halides is 2. The van der Waals surface area contributed by atoms with Crippen LogP contribution in [0, 0.1) is 0 Å². The zero-order chi connectivity index (χ0) is 16.2. The summed E-state index contributed by atoms with van der Waals surface area (Å²) in [6, 6.07) is 9.27. The molecular formula is C16H20F2N2O2. The zero-order valence-electron chi connectivity index (χ0n) is 12.8. The standard InChI is InChI=1S/C16H20F2N2O2/c1-3-20(4-2)15(21)16(17,18)11-13-10-14(19-22-13)12-8-6-5-7-9-12/h5-9,13H,3-4,10-11H2,1-2H3. The molecule has 1 aliphatic heterocycles. The number of carbonyl (C=O) groups is 1. The summed E-state index contributed by atoms with van der Waals surface area (Å²) in [5.41, 5.74) is 1.49. The molecule has 22 heavy (non-hydrogen) atoms. The quantitative estimate of drug-likeness (QED) is 0.810. The molecule has 1 unspecified atom stereocenters. The second-order valence-electron chi connectivity index (χ2n) is 5.22. The Balaban J connectivity index is 1.97. The van der Waals surface area contributed by atoms with Gasteiger partial charge in [0.05, 0.1) is 12.1 Å². The van der Waals surface area contributed by atoms with Gasteiger partial charge in [0.1, 0.15) is 6.10 Å². The van der Waals surface area contributed by atoms with Crippen molar-refractivity contribution in [2.75, 3.05) is 13.1 Å². The molecule has 1 aromatic carbocycles. The SMILES string of the molecule is CCN(CC)C(=O)C(F)(F)CC1CC(c2ccccc2)=NO1. The molecule has 1 atom stereocenters. The summed E-state index contributed by atoms with van der Waals surface area (Å²) in [5.74, 6) is -4.58. The van der Waals surface area contributed by atoms with Crippen LogP contribution in [0.1, 0.15) is 32.3 Å². The molecule has 1 aliphatic rings. The van der Waals surface area contributed by atoms with E-state index in [9.17, 15) is 13.6 Å². The maximum absolute atomic E-state index is 14.1. The maximum atomic E-state index is 14.1. The molecule has 1 aromatic rings. The van der Waals surface area contributed by atoms with E-state index in [1.807, 2.05) is 30.3 Å². The van der Waals surface area contributed by atoms with Gasteiger partial charge in [-0.15, -0.1) is 0 Å². The van der Waals surface area contributed by atoms with E-state index in [1.165, 1.54) is 0 Å². The van der Waals surface area contributed by atoms with Crippen molar-refractivity contribution in [3.63, 3.8) is 0 Å². The second-order valence-corrected chi connectivity index (χ2v) is 5.22. The van der Waals surface area contributed by atoms with E-state index in [4.69, 9.17) is 4.84 Å². The monoisotopic (exact) mass is 310 g/mol. The molecule has 0 fully saturated rings. The van der Waals surface area contributed by atoms with Gasteiger partial charge in [-0.1, -0.05) is 35.5 Å². The number of halogens is 2. The predicted octanol–water partition coefficient (Wildman–Crippen LogP) is 3.07. The molecule has 2 rings (SSSR count). The van der Waals surface area contributed by atoms with Crippen molar-refractivity contribution in [3.8, 4) is 0 Å². The minimum Gasteiger partial charge on any atom is -0.392 e. The van der Waals surface area contributed by atoms with Gasteiger partial charge in [0.2, 0.25) is 0 Å². The molecular weight excluding hydrogens is 290 g/mol. The van der Waals surface area contributed by atoms with Gasteiger partial charge in [0.15, 0.2) is 0 Å². The minimum atomic E-state index is -3.43. The molecule has 0 radical (unpaired) electrons. The number of carbonyl (C=O) groups excluding carboxylic acids is 1. The van der Waals surface area contributed by atoms with Gasteiger partial charge in [-0.2, -0.15) is 8.78 Å². The summed E-state index contributed by atoms with van der Waals surface area (Å²) in [7, 11) is 0. The largest absolute Gasteiger partial charge is 0.392 e. The van der Waals surface area contributed by atoms with E-state index in [1.54, 1.807) is 13.8 Å². The summed E-state index contributed by atoms with van der Waals surface area (Å²) in [6.07, 6.45) is -1.14. The number of hydrogen-bond donors (Lipinski definition) is 0. The third-order valence-electron chi connectivity index (χ3n) is 3.69. The predicted molar refractivity (Wildman–Crippen MR) is 80.0 cm³/mol. The topological polar surface area (TPSA) is 41.9 Å². The number of nitrogens with zero attached hydrogens (tertiary/aromatic N) is 2. The van der Waals surface area contributed by atoms with E-state index >= 15 is 0 Å². The Morgan fingerprint density at radius 1 is 1.32 bits per heavy atom. The normalized spacial score (nSPS) is 17.8. The van der Waals surface area contributed by atoms with Crippen LogP contribution in [0.25, 0.3) is 0 Å². The van der Waals surface area contributed by atoms with Crippen molar-refractivity contribution in [1.82, 2.24) is 4.90 Å². The molecule has 0 aromatic heterocycles. The highest BCUT2D eigenvalue weighted by Gasteiger charge is 2.45. The first-order valence-electron chi connectivity index (χ1n) is 7.43. The highest BCUT2D eigenvalue weighted by Crippen LogP contribution is 2.29. The number of hydrogen-bond acceptors (Lipinski definition) is 3. The fourth-order valence-electron chi connectivity index (χ4n) is 2.45. The molecule has 1 heterocycles. The molecule has 0 saturated carbocycles. The second kappa shape index (κ2) is 6.85. The van der Waals surface area contributed by atoms with Crippen LogP contribution >= 0.6 is 0 Å². The lowest BCUT2D eigenvalue weighted by atomic mass is 10.0. The lowest BCUT2D eigenvalue weighted by molar-refractivity contribution is -0.162. The first-order chi connectivity index (χ1) is 10.5. The van der Waals surface area contributed by atoms with Crippen LogP contribution < -0.4 is 0 Å². The van der Waals surface area contributed by atoms with Crippen LogP contribution in [0.3, 0.4) is 0 Å². The lowest BCUT2D eigenvalue weighted by Gasteiger charge is -2.25. The third kappa shape index (κ3) is 3.61. The van der Waals surface area contributed by atoms with Crippen LogP contribution in [0.5, 0.6) is 0 Å². The van der Waals surface area contributed by atoms with E-state index < -0.39 is 24.4 Å². The van der Waals surface area contributed by atoms with Crippen LogP contribution in [0.15, 0.2) is 35.5 Å². The average Bonchev–Trinajstić information content (AvgIpc) is 2.97. The maximum Gasteiger partial charge on any atom is 0.328 e. The molecule has 6 heteroatoms. The Bertz CT molecular complexity index is 542. The average molecular weight is 310 g/mol. The molecule has 0 bridgehead atoms. The molecule has 4 nitrogen and oxygen atoms in total. The van der Waals surface area contributed by atoms with Gasteiger partial charge >= 0.3 is 5.92 Å². The summed E-state index contributed by atoms with van der Waals surface area (Å²) >= 11 is 0. The van der Waals surface area contributed by atoms with Crippen LogP contribution in [0.4, 0.5) is 8.78 Å². The molecule has 0 saturated heterocycles. The summed E-state index contributed by atoms with van der Waals surface area (Å²) < 4.78 is 28.2. The zero-order valence-corrected chi connectivity index (χ0v) is 12.8. The van der Waals surface area contributed by atoms with E-state index in [0.29, 0.717) is 5.71 Å². The number of benzene rings is 1. The van der Waals surface area contributed by atoms with Crippen molar-refractivity contribution >= 4 is 11.6 Å². The van der Waals surface area contributed by atoms with Gasteiger partial charge in [-0.05, 0) is 19.4 Å². The van der Waals surface area contributed by atoms with Gasteiger partial charge in [0.25, 0.3) is 5.91 Å². The highest BCUT2D eigenvalue weighted by atomic mass is 19.3. The third-order valence-corrected chi connectivity index (χ3v) is 3.69. The van der Waals surface area contributed by atoms with Crippen molar-refractivity contribution in [2.24, 2.45) is 5.16 Å². The Hall–Kier alpha value is -1.98. The lowest BCUT2D eigenvalue weighted by Crippen LogP contribution is -2.45. The summed E-state index contributed by atoms with van der Waals surface area (Å²) in [6.45, 7) is 3.89. The molecule has 0 aliphatic carbocycles. The van der Waals surface area contributed by atoms with E-state index in [2.05, 4.69) is 5.16 Å². The molecule has 0 spiro atoms. The Labute approximate surface area is 128 Å². The molecule has 0 N–H and O–H groups in total. The van der Waals surface area contributed by atoms with E-state index in [0.717, 1.165) is 10.5 Å². The summed E-state index contributed by atoms with van der Waals surface area (Å²) in [4.78, 5) is 18.1. The van der Waals surface area contributed by atoms with Crippen molar-refractivity contribution in [1.29, 1.82) is 0 Å².